The number of phosphoric acid groups is 1. The van der Waals surface area contributed by atoms with Gasteiger partial charge in [-0.15, -0.1) is 0 Å². The SMILES string of the molecule is CO[C@@H]1[C@H](O[Si](C)(C)C(C)(C)C)[C@@H](CO[P@]2(=O)OC[C@H]3O[C@@H](n4cnc5c(N(Cc6ccccc6)Cc6ccccc6)ncnc54)[C@H](OC)[C@@H]3O2)O[C@H]1n1ccc(=O)n(COCc2ccccc2)c1=O. The maximum Gasteiger partial charge on any atom is 0.475 e. The molecule has 0 radical (unpaired) electrons. The second-order valence-corrected chi connectivity index (χ2v) is 25.4. The molecule has 0 aliphatic carbocycles. The third kappa shape index (κ3) is 10.4. The lowest BCUT2D eigenvalue weighted by atomic mass is 10.1. The monoisotopic (exact) mass is 997 g/mol. The molecule has 3 fully saturated rings. The van der Waals surface area contributed by atoms with Crippen LogP contribution in [-0.2, 0) is 72.7 Å². The quantitative estimate of drug-likeness (QED) is 0.0632. The summed E-state index contributed by atoms with van der Waals surface area (Å²) in [6, 6.07) is 31.0. The van der Waals surface area contributed by atoms with Gasteiger partial charge in [0.15, 0.2) is 37.8 Å². The maximum absolute atomic E-state index is 14.6. The maximum atomic E-state index is 14.6. The summed E-state index contributed by atoms with van der Waals surface area (Å²) < 4.78 is 74.8. The van der Waals surface area contributed by atoms with E-state index in [1.807, 2.05) is 66.7 Å². The fraction of sp³-hybridized carbons (Fsp3) is 0.449. The van der Waals surface area contributed by atoms with Gasteiger partial charge >= 0.3 is 13.5 Å². The van der Waals surface area contributed by atoms with Gasteiger partial charge in [0, 0.05) is 39.6 Å². The van der Waals surface area contributed by atoms with Crippen molar-refractivity contribution in [3.05, 3.63) is 153 Å². The molecule has 0 saturated carbocycles. The number of anilines is 1. The van der Waals surface area contributed by atoms with Crippen LogP contribution in [0, 0.1) is 0 Å². The Balaban J connectivity index is 0.938. The van der Waals surface area contributed by atoms with E-state index in [-0.39, 0.29) is 31.6 Å². The number of ether oxygens (including phenoxy) is 5. The first-order valence-corrected chi connectivity index (χ1v) is 27.6. The number of aromatic nitrogens is 6. The van der Waals surface area contributed by atoms with Crippen molar-refractivity contribution in [2.75, 3.05) is 32.3 Å². The predicted molar refractivity (Wildman–Crippen MR) is 260 cm³/mol. The van der Waals surface area contributed by atoms with Crippen molar-refractivity contribution >= 4 is 33.1 Å². The van der Waals surface area contributed by atoms with Crippen molar-refractivity contribution in [1.29, 1.82) is 0 Å². The summed E-state index contributed by atoms with van der Waals surface area (Å²) in [5.41, 5.74) is 2.93. The molecule has 0 bridgehead atoms. The number of rotatable bonds is 18. The summed E-state index contributed by atoms with van der Waals surface area (Å²) in [7, 11) is -3.88. The number of benzene rings is 3. The number of methoxy groups -OCH3 is 2. The van der Waals surface area contributed by atoms with E-state index in [0.29, 0.717) is 30.1 Å². The fourth-order valence-electron chi connectivity index (χ4n) is 8.74. The van der Waals surface area contributed by atoms with Crippen LogP contribution in [0.2, 0.25) is 18.1 Å². The molecule has 3 aromatic carbocycles. The zero-order valence-electron chi connectivity index (χ0n) is 40.3. The molecule has 3 aliphatic heterocycles. The second-order valence-electron chi connectivity index (χ2n) is 19.1. The van der Waals surface area contributed by atoms with Crippen LogP contribution in [0.1, 0.15) is 49.9 Å². The van der Waals surface area contributed by atoms with Crippen LogP contribution < -0.4 is 16.1 Å². The van der Waals surface area contributed by atoms with E-state index >= 15 is 0 Å². The molecule has 3 aromatic heterocycles. The summed E-state index contributed by atoms with van der Waals surface area (Å²) in [5.74, 6) is 0.639. The molecule has 6 heterocycles. The molecular weight excluding hydrogens is 938 g/mol. The predicted octanol–water partition coefficient (Wildman–Crippen LogP) is 6.99. The van der Waals surface area contributed by atoms with Crippen molar-refractivity contribution in [2.24, 2.45) is 0 Å². The van der Waals surface area contributed by atoms with E-state index in [9.17, 15) is 14.2 Å². The Kier molecular flexibility index (Phi) is 14.8. The largest absolute Gasteiger partial charge is 0.475 e. The molecule has 0 amide bonds. The topological polar surface area (TPSA) is 191 Å². The zero-order chi connectivity index (χ0) is 49.2. The Bertz CT molecular complexity index is 2840. The van der Waals surface area contributed by atoms with Crippen molar-refractivity contribution < 1.29 is 46.2 Å². The minimum Gasteiger partial charge on any atom is -0.408 e. The third-order valence-electron chi connectivity index (χ3n) is 13.4. The van der Waals surface area contributed by atoms with Gasteiger partial charge in [-0.05, 0) is 34.8 Å². The Morgan fingerprint density at radius 3 is 2.04 bits per heavy atom. The highest BCUT2D eigenvalue weighted by atomic mass is 31.2. The van der Waals surface area contributed by atoms with Gasteiger partial charge in [-0.1, -0.05) is 112 Å². The molecular formula is C49H60N7O12PSi. The normalized spacial score (nSPS) is 25.9. The van der Waals surface area contributed by atoms with Gasteiger partial charge in [-0.3, -0.25) is 27.5 Å². The lowest BCUT2D eigenvalue weighted by molar-refractivity contribution is -0.0849. The smallest absolute Gasteiger partial charge is 0.408 e. The standard InChI is InChI=1S/C49H60N7O12PSi/c1-49(2,3)70(6,7)68-41-37(66-46(43(41)61-5)54-24-23-38(57)56(48(54)58)32-62-27-35-21-15-10-16-22-35)29-64-69(59)63-28-36-40(67-69)42(60-4)47(65-36)55-31-52-39-44(50-30-51-45(39)55)53(25-33-17-11-8-12-18-33)26-34-19-13-9-14-20-34/h8-24,30-31,36-37,40-43,46-47H,25-29,32H2,1-7H3/t36-,37-,40-,41-,42-,43-,46-,47-,69+/m1/s1. The van der Waals surface area contributed by atoms with Gasteiger partial charge < -0.3 is 33.0 Å². The second kappa shape index (κ2) is 20.9. The summed E-state index contributed by atoms with van der Waals surface area (Å²) in [6.45, 7) is 11.0. The first-order valence-electron chi connectivity index (χ1n) is 23.2. The highest BCUT2D eigenvalue weighted by Crippen LogP contribution is 2.58. The van der Waals surface area contributed by atoms with Crippen LogP contribution in [-0.4, -0.2) is 101 Å². The van der Waals surface area contributed by atoms with E-state index in [0.717, 1.165) is 21.3 Å². The van der Waals surface area contributed by atoms with Gasteiger partial charge in [0.25, 0.3) is 5.56 Å². The summed E-state index contributed by atoms with van der Waals surface area (Å²) in [5, 5.41) is -0.238. The Morgan fingerprint density at radius 1 is 0.786 bits per heavy atom. The summed E-state index contributed by atoms with van der Waals surface area (Å²) >= 11 is 0. The minimum atomic E-state index is -4.33. The third-order valence-corrected chi connectivity index (χ3v) is 19.4. The van der Waals surface area contributed by atoms with Crippen LogP contribution in [0.25, 0.3) is 11.2 Å². The highest BCUT2D eigenvalue weighted by Gasteiger charge is 2.56. The molecule has 3 saturated heterocycles. The lowest BCUT2D eigenvalue weighted by Crippen LogP contribution is -2.50. The molecule has 372 valence electrons. The van der Waals surface area contributed by atoms with E-state index in [1.165, 1.54) is 37.4 Å². The molecule has 6 aromatic rings. The van der Waals surface area contributed by atoms with E-state index < -0.39 is 76.5 Å². The van der Waals surface area contributed by atoms with Crippen LogP contribution in [0.5, 0.6) is 0 Å². The van der Waals surface area contributed by atoms with Crippen molar-refractivity contribution in [1.82, 2.24) is 28.7 Å². The number of hydrogen-bond acceptors (Lipinski definition) is 16. The number of fused-ring (bicyclic) bond motifs is 2. The van der Waals surface area contributed by atoms with Crippen molar-refractivity contribution in [2.45, 2.75) is 114 Å². The molecule has 0 spiro atoms. The van der Waals surface area contributed by atoms with Crippen molar-refractivity contribution in [3.8, 4) is 0 Å². The van der Waals surface area contributed by atoms with E-state index in [1.54, 1.807) is 10.9 Å². The van der Waals surface area contributed by atoms with E-state index in [4.69, 9.17) is 51.6 Å². The number of imidazole rings is 1. The van der Waals surface area contributed by atoms with Gasteiger partial charge in [-0.25, -0.2) is 28.9 Å². The highest BCUT2D eigenvalue weighted by molar-refractivity contribution is 7.48. The fourth-order valence-corrected chi connectivity index (χ4v) is 11.5. The Labute approximate surface area is 406 Å². The zero-order valence-corrected chi connectivity index (χ0v) is 42.2. The van der Waals surface area contributed by atoms with E-state index in [2.05, 4.69) is 68.0 Å². The molecule has 70 heavy (non-hydrogen) atoms. The minimum absolute atomic E-state index is 0.144. The number of phosphoric ester groups is 1. The molecule has 0 unspecified atom stereocenters. The molecule has 0 N–H and O–H groups in total. The number of nitrogens with zero attached hydrogens (tertiary/aromatic N) is 7. The molecule has 9 rings (SSSR count). The van der Waals surface area contributed by atoms with Crippen LogP contribution in [0.4, 0.5) is 5.82 Å². The summed E-state index contributed by atoms with van der Waals surface area (Å²) in [4.78, 5) is 43.4. The molecule has 9 atom stereocenters. The average molecular weight is 998 g/mol. The van der Waals surface area contributed by atoms with Crippen molar-refractivity contribution in [3.63, 3.8) is 0 Å². The molecule has 21 heteroatoms. The number of hydrogen-bond donors (Lipinski definition) is 0. The molecule has 19 nitrogen and oxygen atoms in total. The Hall–Kier alpha value is -5.22. The van der Waals surface area contributed by atoms with Gasteiger partial charge in [0.1, 0.15) is 49.7 Å². The van der Waals surface area contributed by atoms with Gasteiger partial charge in [0.2, 0.25) is 0 Å². The summed E-state index contributed by atoms with van der Waals surface area (Å²) in [6.07, 6.45) is -2.42. The molecule has 3 aliphatic rings. The first kappa shape index (κ1) is 49.7. The first-order chi connectivity index (χ1) is 33.7. The van der Waals surface area contributed by atoms with Crippen LogP contribution >= 0.6 is 7.82 Å². The van der Waals surface area contributed by atoms with Crippen LogP contribution in [0.3, 0.4) is 0 Å². The van der Waals surface area contributed by atoms with Gasteiger partial charge in [-0.2, -0.15) is 0 Å². The average Bonchev–Trinajstić information content (AvgIpc) is 4.05. The van der Waals surface area contributed by atoms with Gasteiger partial charge in [0.05, 0.1) is 26.1 Å². The Morgan fingerprint density at radius 2 is 1.41 bits per heavy atom. The lowest BCUT2D eigenvalue weighted by Gasteiger charge is -2.40. The van der Waals surface area contributed by atoms with Crippen LogP contribution in [0.15, 0.2) is 126 Å².